The second kappa shape index (κ2) is 6.76. The van der Waals surface area contributed by atoms with E-state index in [1.165, 1.54) is 0 Å². The maximum absolute atomic E-state index is 12.3. The number of thioether (sulfide) groups is 1. The Balaban J connectivity index is 1.72. The second-order valence-electron chi connectivity index (χ2n) is 4.90. The van der Waals surface area contributed by atoms with Crippen LogP contribution in [0.25, 0.3) is 0 Å². The molecule has 3 heterocycles. The van der Waals surface area contributed by atoms with Crippen LogP contribution in [0.15, 0.2) is 17.7 Å². The lowest BCUT2D eigenvalue weighted by molar-refractivity contribution is 0.122. The first-order valence-corrected chi connectivity index (χ1v) is 9.35. The van der Waals surface area contributed by atoms with Crippen LogP contribution in [0.5, 0.6) is 0 Å². The minimum absolute atomic E-state index is 0.0397. The second-order valence-corrected chi connectivity index (χ2v) is 7.93. The smallest absolute Gasteiger partial charge is 0.241 e. The van der Waals surface area contributed by atoms with Crippen LogP contribution in [0.3, 0.4) is 0 Å². The molecule has 21 heavy (non-hydrogen) atoms. The zero-order valence-corrected chi connectivity index (χ0v) is 13.6. The Hall–Kier alpha value is -1.12. The largest absolute Gasteiger partial charge is 0.378 e. The van der Waals surface area contributed by atoms with Crippen LogP contribution < -0.4 is 10.2 Å². The molecule has 1 fully saturated rings. The van der Waals surface area contributed by atoms with Crippen molar-refractivity contribution in [1.82, 2.24) is 15.3 Å². The molecule has 1 saturated heterocycles. The summed E-state index contributed by atoms with van der Waals surface area (Å²) in [4.78, 5) is 11.1. The van der Waals surface area contributed by atoms with Gasteiger partial charge in [0, 0.05) is 25.4 Å². The van der Waals surface area contributed by atoms with Crippen molar-refractivity contribution in [2.24, 2.45) is 0 Å². The number of morpholine rings is 1. The first-order chi connectivity index (χ1) is 10.2. The standard InChI is InChI=1S/C13H18N4O2S2/c1-10-15-11(9-21(18)13-14-2-7-20-13)8-12(16-10)17-3-5-19-6-4-17/h2,7-8,13-14H,3-6,9H2,1H3/p+1. The lowest BCUT2D eigenvalue weighted by atomic mass is 10.3. The molecule has 2 unspecified atom stereocenters. The quantitative estimate of drug-likeness (QED) is 0.651. The van der Waals surface area contributed by atoms with Crippen molar-refractivity contribution in [1.29, 1.82) is 0 Å². The van der Waals surface area contributed by atoms with Gasteiger partial charge < -0.3 is 15.0 Å². The number of thiol groups is 1. The van der Waals surface area contributed by atoms with Gasteiger partial charge in [0.1, 0.15) is 22.4 Å². The van der Waals surface area contributed by atoms with E-state index in [9.17, 15) is 4.21 Å². The van der Waals surface area contributed by atoms with Crippen molar-refractivity contribution >= 4 is 28.4 Å². The van der Waals surface area contributed by atoms with Crippen LogP contribution in [-0.4, -0.2) is 41.0 Å². The van der Waals surface area contributed by atoms with Crippen molar-refractivity contribution in [3.05, 3.63) is 29.2 Å². The summed E-state index contributed by atoms with van der Waals surface area (Å²) in [6, 6.07) is 1.96. The Bertz CT molecular complexity index is 553. The van der Waals surface area contributed by atoms with Crippen LogP contribution in [0, 0.1) is 6.92 Å². The normalized spacial score (nSPS) is 23.1. The molecule has 6 nitrogen and oxygen atoms in total. The number of anilines is 1. The highest BCUT2D eigenvalue weighted by molar-refractivity contribution is 8.13. The minimum atomic E-state index is -1.39. The summed E-state index contributed by atoms with van der Waals surface area (Å²) in [5.74, 6) is 2.11. The Morgan fingerprint density at radius 2 is 2.29 bits per heavy atom. The third-order valence-corrected chi connectivity index (χ3v) is 6.37. The van der Waals surface area contributed by atoms with Crippen molar-refractivity contribution in [2.75, 3.05) is 31.2 Å². The molecule has 0 bridgehead atoms. The van der Waals surface area contributed by atoms with Crippen molar-refractivity contribution in [3.63, 3.8) is 0 Å². The molecule has 8 heteroatoms. The summed E-state index contributed by atoms with van der Waals surface area (Å²) in [6.07, 6.45) is 1.84. The Labute approximate surface area is 130 Å². The lowest BCUT2D eigenvalue weighted by Gasteiger charge is -2.28. The van der Waals surface area contributed by atoms with Crippen LogP contribution in [-0.2, 0) is 25.5 Å². The fourth-order valence-corrected chi connectivity index (χ4v) is 4.66. The SMILES string of the molecule is Cc1nc(C[SH+](=O)C2NC=CS2)cc(N2CCOCC2)n1. The topological polar surface area (TPSA) is 67.4 Å². The molecular weight excluding hydrogens is 308 g/mol. The summed E-state index contributed by atoms with van der Waals surface area (Å²) in [7, 11) is -1.39. The molecule has 0 amide bonds. The van der Waals surface area contributed by atoms with Crippen LogP contribution >= 0.6 is 11.8 Å². The van der Waals surface area contributed by atoms with Gasteiger partial charge in [-0.1, -0.05) is 11.8 Å². The van der Waals surface area contributed by atoms with Gasteiger partial charge in [0.25, 0.3) is 0 Å². The molecular formula is C13H19N4O2S2+. The predicted molar refractivity (Wildman–Crippen MR) is 86.6 cm³/mol. The molecule has 1 N–H and O–H groups in total. The van der Waals surface area contributed by atoms with Gasteiger partial charge in [-0.3, -0.25) is 0 Å². The maximum atomic E-state index is 12.3. The van der Waals surface area contributed by atoms with Gasteiger partial charge in [-0.2, -0.15) is 0 Å². The number of hydrogen-bond donors (Lipinski definition) is 1. The van der Waals surface area contributed by atoms with Crippen molar-refractivity contribution in [3.8, 4) is 0 Å². The predicted octanol–water partition coefficient (Wildman–Crippen LogP) is 0.909. The number of aryl methyl sites for hydroxylation is 1. The van der Waals surface area contributed by atoms with E-state index in [1.807, 2.05) is 24.6 Å². The number of nitrogens with one attached hydrogen (secondary N) is 1. The van der Waals surface area contributed by atoms with Gasteiger partial charge in [0.2, 0.25) is 4.71 Å². The minimum Gasteiger partial charge on any atom is -0.378 e. The summed E-state index contributed by atoms with van der Waals surface area (Å²) < 4.78 is 17.7. The third kappa shape index (κ3) is 3.75. The van der Waals surface area contributed by atoms with E-state index in [0.29, 0.717) is 5.75 Å². The van der Waals surface area contributed by atoms with Crippen molar-refractivity contribution < 1.29 is 8.95 Å². The fraction of sp³-hybridized carbons (Fsp3) is 0.538. The zero-order valence-electron chi connectivity index (χ0n) is 11.9. The molecule has 0 aromatic carbocycles. The maximum Gasteiger partial charge on any atom is 0.241 e. The Morgan fingerprint density at radius 1 is 1.48 bits per heavy atom. The summed E-state index contributed by atoms with van der Waals surface area (Å²) in [5.41, 5.74) is 0.847. The molecule has 0 spiro atoms. The number of hydrogen-bond acceptors (Lipinski definition) is 7. The molecule has 2 aliphatic rings. The van der Waals surface area contributed by atoms with Gasteiger partial charge in [-0.15, -0.1) is 4.21 Å². The summed E-state index contributed by atoms with van der Waals surface area (Å²) >= 11 is 1.56. The highest BCUT2D eigenvalue weighted by atomic mass is 32.2. The highest BCUT2D eigenvalue weighted by Gasteiger charge is 2.25. The molecule has 3 rings (SSSR count). The Morgan fingerprint density at radius 3 is 3.00 bits per heavy atom. The molecule has 1 aromatic heterocycles. The molecule has 114 valence electrons. The number of nitrogens with zero attached hydrogens (tertiary/aromatic N) is 3. The molecule has 0 aliphatic carbocycles. The van der Waals surface area contributed by atoms with Gasteiger partial charge in [0.05, 0.1) is 18.9 Å². The van der Waals surface area contributed by atoms with Crippen LogP contribution in [0.2, 0.25) is 0 Å². The first kappa shape index (κ1) is 14.8. The van der Waals surface area contributed by atoms with Crippen LogP contribution in [0.1, 0.15) is 11.5 Å². The van der Waals surface area contributed by atoms with E-state index in [4.69, 9.17) is 4.74 Å². The molecule has 0 radical (unpaired) electrons. The molecule has 0 saturated carbocycles. The summed E-state index contributed by atoms with van der Waals surface area (Å²) in [6.45, 7) is 5.00. The number of aromatic nitrogens is 2. The van der Waals surface area contributed by atoms with E-state index in [-0.39, 0.29) is 4.71 Å². The highest BCUT2D eigenvalue weighted by Crippen LogP contribution is 2.22. The van der Waals surface area contributed by atoms with Crippen molar-refractivity contribution in [2.45, 2.75) is 17.4 Å². The van der Waals surface area contributed by atoms with Gasteiger partial charge in [-0.05, 0) is 12.3 Å². The van der Waals surface area contributed by atoms with E-state index < -0.39 is 10.8 Å². The zero-order chi connectivity index (χ0) is 14.7. The molecule has 1 aromatic rings. The summed E-state index contributed by atoms with van der Waals surface area (Å²) in [5, 5.41) is 5.03. The average Bonchev–Trinajstić information content (AvgIpc) is 3.02. The molecule has 2 aliphatic heterocycles. The van der Waals surface area contributed by atoms with Crippen LogP contribution in [0.4, 0.5) is 5.82 Å². The van der Waals surface area contributed by atoms with E-state index in [2.05, 4.69) is 20.2 Å². The number of rotatable bonds is 4. The lowest BCUT2D eigenvalue weighted by Crippen LogP contribution is -2.37. The molecule has 2 atom stereocenters. The monoisotopic (exact) mass is 327 g/mol. The average molecular weight is 327 g/mol. The van der Waals surface area contributed by atoms with E-state index in [1.54, 1.807) is 11.8 Å². The number of ether oxygens (including phenoxy) is 1. The fourth-order valence-electron chi connectivity index (χ4n) is 2.32. The van der Waals surface area contributed by atoms with Gasteiger partial charge in [0.15, 0.2) is 5.75 Å². The first-order valence-electron chi connectivity index (χ1n) is 6.90. The van der Waals surface area contributed by atoms with E-state index >= 15 is 0 Å². The Kier molecular flexibility index (Phi) is 4.77. The third-order valence-electron chi connectivity index (χ3n) is 3.31. The van der Waals surface area contributed by atoms with E-state index in [0.717, 1.165) is 43.6 Å². The van der Waals surface area contributed by atoms with Gasteiger partial charge >= 0.3 is 0 Å². The van der Waals surface area contributed by atoms with Gasteiger partial charge in [-0.25, -0.2) is 9.97 Å².